The number of fused-ring (bicyclic) bond motifs is 1. The topological polar surface area (TPSA) is 79.1 Å². The molecule has 7 nitrogen and oxygen atoms in total. The average Bonchev–Trinajstić information content (AvgIpc) is 3.17. The molecule has 1 aliphatic heterocycles. The first-order valence-electron chi connectivity index (χ1n) is 10.1. The van der Waals surface area contributed by atoms with Crippen LogP contribution in [0.1, 0.15) is 38.3 Å². The van der Waals surface area contributed by atoms with Gasteiger partial charge in [-0.15, -0.1) is 0 Å². The standard InChI is InChI=1S/C21H27FN6O/c1-14(2)28-13-24-18-19(23-10-15-5-7-17(22)8-6-15)25-21(26-20(18)28)27-9-3-4-16(11-27)12-29/h5-8,13-14,16,29H,3-4,9-12H2,1-2H3,(H,23,25,26). The van der Waals surface area contributed by atoms with E-state index < -0.39 is 0 Å². The van der Waals surface area contributed by atoms with E-state index in [-0.39, 0.29) is 24.4 Å². The third-order valence-corrected chi connectivity index (χ3v) is 5.40. The fourth-order valence-electron chi connectivity index (χ4n) is 3.73. The van der Waals surface area contributed by atoms with Crippen LogP contribution in [0.2, 0.25) is 0 Å². The fraction of sp³-hybridized carbons (Fsp3) is 0.476. The number of benzene rings is 1. The highest BCUT2D eigenvalue weighted by atomic mass is 19.1. The normalized spacial score (nSPS) is 17.3. The van der Waals surface area contributed by atoms with E-state index in [4.69, 9.17) is 9.97 Å². The van der Waals surface area contributed by atoms with Gasteiger partial charge in [0.1, 0.15) is 5.82 Å². The van der Waals surface area contributed by atoms with Crippen LogP contribution in [0.4, 0.5) is 16.2 Å². The van der Waals surface area contributed by atoms with Crippen LogP contribution in [0.25, 0.3) is 11.2 Å². The number of aliphatic hydroxyl groups is 1. The zero-order valence-corrected chi connectivity index (χ0v) is 16.8. The molecule has 8 heteroatoms. The van der Waals surface area contributed by atoms with E-state index in [1.807, 2.05) is 4.57 Å². The lowest BCUT2D eigenvalue weighted by Crippen LogP contribution is -2.38. The predicted octanol–water partition coefficient (Wildman–Crippen LogP) is 3.37. The molecule has 0 aliphatic carbocycles. The van der Waals surface area contributed by atoms with E-state index in [1.165, 1.54) is 12.1 Å². The number of piperidine rings is 1. The van der Waals surface area contributed by atoms with Gasteiger partial charge in [-0.1, -0.05) is 12.1 Å². The van der Waals surface area contributed by atoms with Crippen LogP contribution in [0, 0.1) is 11.7 Å². The molecule has 4 rings (SSSR count). The molecule has 0 bridgehead atoms. The molecular formula is C21H27FN6O. The summed E-state index contributed by atoms with van der Waals surface area (Å²) >= 11 is 0. The van der Waals surface area contributed by atoms with E-state index in [0.717, 1.165) is 42.7 Å². The number of nitrogens with one attached hydrogen (secondary N) is 1. The molecule has 1 aliphatic rings. The third-order valence-electron chi connectivity index (χ3n) is 5.40. The monoisotopic (exact) mass is 398 g/mol. The van der Waals surface area contributed by atoms with E-state index >= 15 is 0 Å². The summed E-state index contributed by atoms with van der Waals surface area (Å²) in [5.74, 6) is 1.31. The van der Waals surface area contributed by atoms with Crippen LogP contribution in [0.5, 0.6) is 0 Å². The Morgan fingerprint density at radius 2 is 2.03 bits per heavy atom. The van der Waals surface area contributed by atoms with Crippen LogP contribution in [-0.4, -0.2) is 44.3 Å². The van der Waals surface area contributed by atoms with Gasteiger partial charge in [-0.25, -0.2) is 9.37 Å². The first kappa shape index (κ1) is 19.6. The van der Waals surface area contributed by atoms with Crippen molar-refractivity contribution in [1.29, 1.82) is 0 Å². The maximum atomic E-state index is 13.2. The van der Waals surface area contributed by atoms with Crippen molar-refractivity contribution in [2.45, 2.75) is 39.3 Å². The van der Waals surface area contributed by atoms with Gasteiger partial charge in [0.25, 0.3) is 0 Å². The number of imidazole rings is 1. The Bertz CT molecular complexity index is 971. The summed E-state index contributed by atoms with van der Waals surface area (Å²) in [6.45, 7) is 6.50. The lowest BCUT2D eigenvalue weighted by molar-refractivity contribution is 0.208. The summed E-state index contributed by atoms with van der Waals surface area (Å²) in [5, 5.41) is 12.9. The highest BCUT2D eigenvalue weighted by Gasteiger charge is 2.23. The molecule has 0 saturated carbocycles. The number of hydrogen-bond acceptors (Lipinski definition) is 6. The Morgan fingerprint density at radius 1 is 1.24 bits per heavy atom. The fourth-order valence-corrected chi connectivity index (χ4v) is 3.73. The molecule has 1 fully saturated rings. The van der Waals surface area contributed by atoms with Crippen molar-refractivity contribution in [3.05, 3.63) is 42.0 Å². The number of halogens is 1. The summed E-state index contributed by atoms with van der Waals surface area (Å²) in [4.78, 5) is 16.3. The molecule has 3 aromatic rings. The smallest absolute Gasteiger partial charge is 0.229 e. The van der Waals surface area contributed by atoms with Gasteiger partial charge < -0.3 is 19.9 Å². The second-order valence-electron chi connectivity index (χ2n) is 7.91. The second-order valence-corrected chi connectivity index (χ2v) is 7.91. The summed E-state index contributed by atoms with van der Waals surface area (Å²) in [5.41, 5.74) is 2.47. The number of aliphatic hydroxyl groups excluding tert-OH is 1. The molecule has 1 saturated heterocycles. The van der Waals surface area contributed by atoms with Crippen LogP contribution in [-0.2, 0) is 6.54 Å². The SMILES string of the molecule is CC(C)n1cnc2c(NCc3ccc(F)cc3)nc(N3CCCC(CO)C3)nc21. The van der Waals surface area contributed by atoms with Gasteiger partial charge >= 0.3 is 0 Å². The van der Waals surface area contributed by atoms with E-state index in [1.54, 1.807) is 18.5 Å². The van der Waals surface area contributed by atoms with Crippen molar-refractivity contribution >= 4 is 22.9 Å². The highest BCUT2D eigenvalue weighted by Crippen LogP contribution is 2.27. The summed E-state index contributed by atoms with van der Waals surface area (Å²) in [6.07, 6.45) is 3.83. The van der Waals surface area contributed by atoms with Crippen LogP contribution < -0.4 is 10.2 Å². The Kier molecular flexibility index (Phi) is 5.62. The van der Waals surface area contributed by atoms with E-state index in [9.17, 15) is 9.50 Å². The molecule has 29 heavy (non-hydrogen) atoms. The summed E-state index contributed by atoms with van der Waals surface area (Å²) in [7, 11) is 0. The molecule has 1 atom stereocenters. The molecule has 2 aromatic heterocycles. The Balaban J connectivity index is 1.68. The van der Waals surface area contributed by atoms with Crippen LogP contribution in [0.3, 0.4) is 0 Å². The van der Waals surface area contributed by atoms with Crippen molar-refractivity contribution in [1.82, 2.24) is 19.5 Å². The summed E-state index contributed by atoms with van der Waals surface area (Å²) < 4.78 is 15.2. The predicted molar refractivity (Wildman–Crippen MR) is 111 cm³/mol. The van der Waals surface area contributed by atoms with Crippen molar-refractivity contribution < 1.29 is 9.50 Å². The van der Waals surface area contributed by atoms with Crippen molar-refractivity contribution in [2.75, 3.05) is 29.9 Å². The maximum Gasteiger partial charge on any atom is 0.229 e. The number of anilines is 2. The largest absolute Gasteiger partial charge is 0.396 e. The van der Waals surface area contributed by atoms with Gasteiger partial charge in [0, 0.05) is 32.3 Å². The summed E-state index contributed by atoms with van der Waals surface area (Å²) in [6, 6.07) is 6.64. The van der Waals surface area contributed by atoms with Gasteiger partial charge in [0.2, 0.25) is 5.95 Å². The van der Waals surface area contributed by atoms with E-state index in [0.29, 0.717) is 18.3 Å². The van der Waals surface area contributed by atoms with Crippen molar-refractivity contribution in [3.63, 3.8) is 0 Å². The van der Waals surface area contributed by atoms with Crippen molar-refractivity contribution in [3.8, 4) is 0 Å². The second kappa shape index (κ2) is 8.32. The van der Waals surface area contributed by atoms with E-state index in [2.05, 4.69) is 29.0 Å². The molecule has 0 radical (unpaired) electrons. The molecule has 3 heterocycles. The number of rotatable bonds is 6. The third kappa shape index (κ3) is 4.17. The minimum absolute atomic E-state index is 0.179. The average molecular weight is 398 g/mol. The first-order chi connectivity index (χ1) is 14.0. The van der Waals surface area contributed by atoms with Gasteiger partial charge in [0.15, 0.2) is 17.0 Å². The molecule has 2 N–H and O–H groups in total. The van der Waals surface area contributed by atoms with Gasteiger partial charge in [-0.05, 0) is 50.3 Å². The molecule has 0 spiro atoms. The quantitative estimate of drug-likeness (QED) is 0.663. The molecule has 1 aromatic carbocycles. The Morgan fingerprint density at radius 3 is 2.76 bits per heavy atom. The zero-order chi connectivity index (χ0) is 20.4. The number of aromatic nitrogens is 4. The lowest BCUT2D eigenvalue weighted by Gasteiger charge is -2.32. The number of nitrogens with zero attached hydrogens (tertiary/aromatic N) is 5. The molecular weight excluding hydrogens is 371 g/mol. The van der Waals surface area contributed by atoms with Crippen LogP contribution >= 0.6 is 0 Å². The Labute approximate surface area is 169 Å². The van der Waals surface area contributed by atoms with Gasteiger partial charge in [-0.2, -0.15) is 9.97 Å². The van der Waals surface area contributed by atoms with Crippen LogP contribution in [0.15, 0.2) is 30.6 Å². The van der Waals surface area contributed by atoms with Gasteiger partial charge in [0.05, 0.1) is 6.33 Å². The minimum atomic E-state index is -0.250. The number of hydrogen-bond donors (Lipinski definition) is 2. The van der Waals surface area contributed by atoms with Crippen molar-refractivity contribution in [2.24, 2.45) is 5.92 Å². The minimum Gasteiger partial charge on any atom is -0.396 e. The first-order valence-corrected chi connectivity index (χ1v) is 10.1. The van der Waals surface area contributed by atoms with Gasteiger partial charge in [-0.3, -0.25) is 0 Å². The maximum absolute atomic E-state index is 13.2. The zero-order valence-electron chi connectivity index (χ0n) is 16.8. The highest BCUT2D eigenvalue weighted by molar-refractivity contribution is 5.84. The lowest BCUT2D eigenvalue weighted by atomic mass is 9.99. The molecule has 1 unspecified atom stereocenters. The Hall–Kier alpha value is -2.74. The molecule has 0 amide bonds. The molecule has 154 valence electrons.